The Morgan fingerprint density at radius 2 is 1.93 bits per heavy atom. The van der Waals surface area contributed by atoms with Crippen molar-refractivity contribution in [2.45, 2.75) is 10.8 Å². The lowest BCUT2D eigenvalue weighted by Gasteiger charge is -2.22. The zero-order valence-corrected chi connectivity index (χ0v) is 17.8. The van der Waals surface area contributed by atoms with Gasteiger partial charge in [-0.05, 0) is 29.8 Å². The van der Waals surface area contributed by atoms with E-state index in [1.807, 2.05) is 36.2 Å². The smallest absolute Gasteiger partial charge is 0.250 e. The van der Waals surface area contributed by atoms with Gasteiger partial charge in [0.1, 0.15) is 9.96 Å². The van der Waals surface area contributed by atoms with Crippen molar-refractivity contribution in [3.05, 3.63) is 46.3 Å². The van der Waals surface area contributed by atoms with Crippen LogP contribution in [0.15, 0.2) is 45.6 Å². The van der Waals surface area contributed by atoms with Gasteiger partial charge in [0, 0.05) is 33.7 Å². The van der Waals surface area contributed by atoms with Gasteiger partial charge in [-0.2, -0.15) is 0 Å². The number of nitrogens with one attached hydrogen (secondary N) is 2. The molecule has 2 aromatic rings. The number of halogens is 1. The van der Waals surface area contributed by atoms with E-state index in [0.29, 0.717) is 23.4 Å². The van der Waals surface area contributed by atoms with Crippen molar-refractivity contribution < 1.29 is 13.2 Å². The molecule has 0 atom stereocenters. The van der Waals surface area contributed by atoms with Crippen LogP contribution < -0.4 is 14.8 Å². The summed E-state index contributed by atoms with van der Waals surface area (Å²) in [5.41, 5.74) is 1.11. The highest BCUT2D eigenvalue weighted by Crippen LogP contribution is 2.25. The number of guanidine groups is 1. The Labute approximate surface area is 169 Å². The van der Waals surface area contributed by atoms with Crippen LogP contribution in [0.5, 0.6) is 5.75 Å². The van der Waals surface area contributed by atoms with Gasteiger partial charge in [0.2, 0.25) is 10.0 Å². The predicted octanol–water partition coefficient (Wildman–Crippen LogP) is 2.40. The lowest BCUT2D eigenvalue weighted by molar-refractivity contribution is 0.414. The van der Waals surface area contributed by atoms with E-state index in [1.165, 1.54) is 6.07 Å². The van der Waals surface area contributed by atoms with Crippen molar-refractivity contribution in [2.75, 3.05) is 34.3 Å². The minimum atomic E-state index is -3.54. The number of methoxy groups -OCH3 is 1. The lowest BCUT2D eigenvalue weighted by atomic mass is 10.2. The van der Waals surface area contributed by atoms with Gasteiger partial charge in [-0.15, -0.1) is 11.3 Å². The molecule has 0 unspecified atom stereocenters. The maximum atomic E-state index is 12.1. The Morgan fingerprint density at radius 1 is 1.22 bits per heavy atom. The molecular weight excluding hydrogens is 408 g/mol. The van der Waals surface area contributed by atoms with E-state index in [2.05, 4.69) is 15.0 Å². The van der Waals surface area contributed by atoms with Crippen molar-refractivity contribution in [1.29, 1.82) is 0 Å². The molecule has 0 saturated heterocycles. The van der Waals surface area contributed by atoms with E-state index in [0.717, 1.165) is 22.6 Å². The molecule has 0 aliphatic heterocycles. The monoisotopic (exact) mass is 430 g/mol. The number of ether oxygens (including phenoxy) is 1. The van der Waals surface area contributed by atoms with Crippen LogP contribution in [0.2, 0.25) is 4.34 Å². The molecule has 1 aromatic carbocycles. The molecule has 2 N–H and O–H groups in total. The molecule has 0 fully saturated rings. The quantitative estimate of drug-likeness (QED) is 0.381. The number of rotatable bonds is 8. The second-order valence-corrected chi connectivity index (χ2v) is 9.34. The van der Waals surface area contributed by atoms with Gasteiger partial charge < -0.3 is 15.0 Å². The fourth-order valence-electron chi connectivity index (χ4n) is 2.34. The Morgan fingerprint density at radius 3 is 2.48 bits per heavy atom. The Kier molecular flexibility index (Phi) is 7.91. The van der Waals surface area contributed by atoms with Crippen molar-refractivity contribution in [3.63, 3.8) is 0 Å². The fourth-order valence-corrected chi connectivity index (χ4v) is 4.90. The Bertz CT molecular complexity index is 867. The van der Waals surface area contributed by atoms with Gasteiger partial charge in [-0.25, -0.2) is 13.1 Å². The van der Waals surface area contributed by atoms with Crippen LogP contribution in [-0.2, 0) is 16.6 Å². The van der Waals surface area contributed by atoms with Crippen LogP contribution in [0, 0.1) is 0 Å². The first-order chi connectivity index (χ1) is 12.9. The van der Waals surface area contributed by atoms with E-state index >= 15 is 0 Å². The van der Waals surface area contributed by atoms with Gasteiger partial charge in [0.25, 0.3) is 0 Å². The molecule has 1 heterocycles. The van der Waals surface area contributed by atoms with Gasteiger partial charge in [0.05, 0.1) is 11.4 Å². The zero-order valence-electron chi connectivity index (χ0n) is 15.4. The van der Waals surface area contributed by atoms with Crippen LogP contribution in [0.1, 0.15) is 5.56 Å². The van der Waals surface area contributed by atoms with Crippen LogP contribution in [0.3, 0.4) is 0 Å². The summed E-state index contributed by atoms with van der Waals surface area (Å²) >= 11 is 6.82. The molecule has 0 aliphatic rings. The van der Waals surface area contributed by atoms with Gasteiger partial charge >= 0.3 is 0 Å². The number of benzene rings is 1. The molecule has 10 heteroatoms. The van der Waals surface area contributed by atoms with Crippen LogP contribution in [0.4, 0.5) is 0 Å². The summed E-state index contributed by atoms with van der Waals surface area (Å²) in [6.45, 7) is 1.29. The number of nitrogens with zero attached hydrogens (tertiary/aromatic N) is 2. The third-order valence-corrected chi connectivity index (χ3v) is 6.85. The largest absolute Gasteiger partial charge is 0.497 e. The molecule has 0 bridgehead atoms. The first-order valence-corrected chi connectivity index (χ1v) is 10.8. The highest BCUT2D eigenvalue weighted by Gasteiger charge is 2.16. The summed E-state index contributed by atoms with van der Waals surface area (Å²) in [5, 5.41) is 3.14. The molecule has 1 aromatic heterocycles. The minimum Gasteiger partial charge on any atom is -0.497 e. The highest BCUT2D eigenvalue weighted by molar-refractivity contribution is 7.91. The number of hydrogen-bond acceptors (Lipinski definition) is 5. The predicted molar refractivity (Wildman–Crippen MR) is 110 cm³/mol. The standard InChI is InChI=1S/C17H23ClN4O3S2/c1-19-17(22(2)12-13-4-6-14(25-3)7-5-13)20-10-11-21-27(23,24)16-9-8-15(18)26-16/h4-9,21H,10-12H2,1-3H3,(H,19,20). The van der Waals surface area contributed by atoms with E-state index in [1.54, 1.807) is 20.2 Å². The Balaban J connectivity index is 1.82. The third-order valence-electron chi connectivity index (χ3n) is 3.67. The summed E-state index contributed by atoms with van der Waals surface area (Å²) in [4.78, 5) is 6.18. The summed E-state index contributed by atoms with van der Waals surface area (Å²) in [5.74, 6) is 1.48. The molecule has 0 amide bonds. The van der Waals surface area contributed by atoms with Crippen molar-refractivity contribution in [2.24, 2.45) is 4.99 Å². The maximum Gasteiger partial charge on any atom is 0.250 e. The number of sulfonamides is 1. The lowest BCUT2D eigenvalue weighted by Crippen LogP contribution is -2.42. The average molecular weight is 431 g/mol. The van der Waals surface area contributed by atoms with Crippen LogP contribution in [-0.4, -0.2) is 53.6 Å². The molecule has 2 rings (SSSR count). The van der Waals surface area contributed by atoms with E-state index in [-0.39, 0.29) is 10.8 Å². The van der Waals surface area contributed by atoms with Crippen LogP contribution in [0.25, 0.3) is 0 Å². The summed E-state index contributed by atoms with van der Waals surface area (Å²) in [6, 6.07) is 10.8. The summed E-state index contributed by atoms with van der Waals surface area (Å²) in [6.07, 6.45) is 0. The maximum absolute atomic E-state index is 12.1. The van der Waals surface area contributed by atoms with Crippen molar-refractivity contribution in [1.82, 2.24) is 14.9 Å². The van der Waals surface area contributed by atoms with Gasteiger partial charge in [0.15, 0.2) is 5.96 Å². The van der Waals surface area contributed by atoms with E-state index in [4.69, 9.17) is 16.3 Å². The molecule has 0 spiro atoms. The first-order valence-electron chi connectivity index (χ1n) is 8.15. The Hall–Kier alpha value is -1.81. The number of hydrogen-bond donors (Lipinski definition) is 2. The number of aliphatic imine (C=N–C) groups is 1. The van der Waals surface area contributed by atoms with Crippen LogP contribution >= 0.6 is 22.9 Å². The van der Waals surface area contributed by atoms with Gasteiger partial charge in [-0.3, -0.25) is 4.99 Å². The molecule has 27 heavy (non-hydrogen) atoms. The third kappa shape index (κ3) is 6.39. The first kappa shape index (κ1) is 21.5. The van der Waals surface area contributed by atoms with E-state index in [9.17, 15) is 8.42 Å². The minimum absolute atomic E-state index is 0.202. The topological polar surface area (TPSA) is 83.0 Å². The van der Waals surface area contributed by atoms with E-state index < -0.39 is 10.0 Å². The molecule has 0 aliphatic carbocycles. The molecule has 7 nitrogen and oxygen atoms in total. The number of thiophene rings is 1. The molecule has 148 valence electrons. The second kappa shape index (κ2) is 9.93. The summed E-state index contributed by atoms with van der Waals surface area (Å²) < 4.78 is 32.6. The zero-order chi connectivity index (χ0) is 19.9. The molecule has 0 saturated carbocycles. The van der Waals surface area contributed by atoms with Gasteiger partial charge in [-0.1, -0.05) is 23.7 Å². The van der Waals surface area contributed by atoms with Crippen molar-refractivity contribution >= 4 is 38.9 Å². The van der Waals surface area contributed by atoms with Crippen molar-refractivity contribution in [3.8, 4) is 5.75 Å². The molecule has 0 radical (unpaired) electrons. The highest BCUT2D eigenvalue weighted by atomic mass is 35.5. The second-order valence-electron chi connectivity index (χ2n) is 5.63. The normalized spacial score (nSPS) is 12.1. The molecular formula is C17H23ClN4O3S2. The summed E-state index contributed by atoms with van der Waals surface area (Å²) in [7, 11) is 1.69. The average Bonchev–Trinajstić information content (AvgIpc) is 3.09. The fraction of sp³-hybridized carbons (Fsp3) is 0.353. The SMILES string of the molecule is CN=C(NCCNS(=O)(=O)c1ccc(Cl)s1)N(C)Cc1ccc(OC)cc1.